The van der Waals surface area contributed by atoms with Gasteiger partial charge in [-0.15, -0.1) is 0 Å². The minimum Gasteiger partial charge on any atom is -0.314 e. The van der Waals surface area contributed by atoms with Crippen LogP contribution in [0.5, 0.6) is 0 Å². The lowest BCUT2D eigenvalue weighted by molar-refractivity contribution is 0.0351. The monoisotopic (exact) mass is 266 g/mol. The fraction of sp³-hybridized carbons (Fsp3) is 1.00. The van der Waals surface area contributed by atoms with E-state index in [1.807, 2.05) is 0 Å². The molecule has 112 valence electrons. The molecule has 0 aromatic rings. The highest BCUT2D eigenvalue weighted by Gasteiger charge is 2.35. The Morgan fingerprint density at radius 1 is 1.05 bits per heavy atom. The molecule has 19 heavy (non-hydrogen) atoms. The molecule has 1 N–H and O–H groups in total. The molecule has 2 nitrogen and oxygen atoms in total. The van der Waals surface area contributed by atoms with Crippen molar-refractivity contribution in [3.8, 4) is 0 Å². The van der Waals surface area contributed by atoms with Crippen LogP contribution < -0.4 is 5.32 Å². The summed E-state index contributed by atoms with van der Waals surface area (Å²) in [5.41, 5.74) is 0.506. The van der Waals surface area contributed by atoms with Crippen LogP contribution in [0.3, 0.4) is 0 Å². The summed E-state index contributed by atoms with van der Waals surface area (Å²) in [5.74, 6) is 1.71. The number of hydrogen-bond acceptors (Lipinski definition) is 2. The SMILES string of the molecule is CC(C)C1CNCCN1C1CCC(C(C)(C)C)CC1. The molecule has 1 atom stereocenters. The van der Waals surface area contributed by atoms with Gasteiger partial charge in [0, 0.05) is 31.7 Å². The standard InChI is InChI=1S/C17H34N2/c1-13(2)16-12-18-10-11-19(16)15-8-6-14(7-9-15)17(3,4)5/h13-16,18H,6-12H2,1-5H3. The first-order valence-corrected chi connectivity index (χ1v) is 8.36. The number of piperazine rings is 1. The average Bonchev–Trinajstić information content (AvgIpc) is 2.38. The van der Waals surface area contributed by atoms with E-state index in [1.54, 1.807) is 0 Å². The van der Waals surface area contributed by atoms with E-state index in [0.717, 1.165) is 23.9 Å². The Kier molecular flexibility index (Phi) is 4.94. The van der Waals surface area contributed by atoms with E-state index in [2.05, 4.69) is 44.8 Å². The van der Waals surface area contributed by atoms with Crippen molar-refractivity contribution in [1.82, 2.24) is 10.2 Å². The number of nitrogens with zero attached hydrogens (tertiary/aromatic N) is 1. The fourth-order valence-corrected chi connectivity index (χ4v) is 4.09. The van der Waals surface area contributed by atoms with E-state index in [1.165, 1.54) is 45.3 Å². The van der Waals surface area contributed by atoms with Crippen molar-refractivity contribution in [2.45, 2.75) is 72.4 Å². The van der Waals surface area contributed by atoms with Crippen LogP contribution in [0.1, 0.15) is 60.3 Å². The molecule has 0 spiro atoms. The summed E-state index contributed by atoms with van der Waals surface area (Å²) >= 11 is 0. The van der Waals surface area contributed by atoms with E-state index >= 15 is 0 Å². The number of rotatable bonds is 2. The highest BCUT2D eigenvalue weighted by Crippen LogP contribution is 2.39. The van der Waals surface area contributed by atoms with E-state index in [4.69, 9.17) is 0 Å². The maximum Gasteiger partial charge on any atom is 0.0247 e. The van der Waals surface area contributed by atoms with Crippen LogP contribution in [-0.2, 0) is 0 Å². The first-order chi connectivity index (χ1) is 8.89. The van der Waals surface area contributed by atoms with Crippen molar-refractivity contribution in [2.75, 3.05) is 19.6 Å². The van der Waals surface area contributed by atoms with Crippen LogP contribution in [-0.4, -0.2) is 36.6 Å². The van der Waals surface area contributed by atoms with Gasteiger partial charge < -0.3 is 5.32 Å². The maximum absolute atomic E-state index is 3.58. The van der Waals surface area contributed by atoms with E-state index in [-0.39, 0.29) is 0 Å². The predicted molar refractivity (Wildman–Crippen MR) is 83.4 cm³/mol. The minimum atomic E-state index is 0.506. The lowest BCUT2D eigenvalue weighted by Gasteiger charge is -2.47. The number of nitrogens with one attached hydrogen (secondary N) is 1. The molecule has 2 fully saturated rings. The highest BCUT2D eigenvalue weighted by atomic mass is 15.2. The van der Waals surface area contributed by atoms with Gasteiger partial charge in [-0.05, 0) is 42.9 Å². The molecule has 0 aromatic heterocycles. The molecule has 1 saturated heterocycles. The van der Waals surface area contributed by atoms with Gasteiger partial charge in [0.15, 0.2) is 0 Å². The van der Waals surface area contributed by atoms with E-state index < -0.39 is 0 Å². The predicted octanol–water partition coefficient (Wildman–Crippen LogP) is 3.52. The van der Waals surface area contributed by atoms with Crippen LogP contribution in [0.25, 0.3) is 0 Å². The molecular formula is C17H34N2. The van der Waals surface area contributed by atoms with Crippen molar-refractivity contribution < 1.29 is 0 Å². The molecule has 2 heteroatoms. The second-order valence-corrected chi connectivity index (χ2v) is 8.12. The molecule has 0 bridgehead atoms. The Morgan fingerprint density at radius 3 is 2.21 bits per heavy atom. The summed E-state index contributed by atoms with van der Waals surface area (Å²) in [6.45, 7) is 15.6. The summed E-state index contributed by atoms with van der Waals surface area (Å²) in [6, 6.07) is 1.61. The third kappa shape index (κ3) is 3.72. The van der Waals surface area contributed by atoms with Crippen molar-refractivity contribution in [3.05, 3.63) is 0 Å². The largest absolute Gasteiger partial charge is 0.314 e. The fourth-order valence-electron chi connectivity index (χ4n) is 4.09. The van der Waals surface area contributed by atoms with Crippen LogP contribution in [0, 0.1) is 17.3 Å². The third-order valence-corrected chi connectivity index (χ3v) is 5.49. The minimum absolute atomic E-state index is 0.506. The topological polar surface area (TPSA) is 15.3 Å². The summed E-state index contributed by atoms with van der Waals surface area (Å²) in [6.07, 6.45) is 5.71. The summed E-state index contributed by atoms with van der Waals surface area (Å²) in [5, 5.41) is 3.58. The Hall–Kier alpha value is -0.0800. The average molecular weight is 266 g/mol. The van der Waals surface area contributed by atoms with Crippen molar-refractivity contribution in [1.29, 1.82) is 0 Å². The third-order valence-electron chi connectivity index (χ3n) is 5.49. The summed E-state index contributed by atoms with van der Waals surface area (Å²) in [7, 11) is 0. The molecule has 0 aromatic carbocycles. The zero-order valence-corrected chi connectivity index (χ0v) is 13.7. The van der Waals surface area contributed by atoms with Crippen LogP contribution in [0.15, 0.2) is 0 Å². The highest BCUT2D eigenvalue weighted by molar-refractivity contribution is 4.90. The van der Waals surface area contributed by atoms with Gasteiger partial charge in [-0.2, -0.15) is 0 Å². The van der Waals surface area contributed by atoms with Crippen LogP contribution in [0.4, 0.5) is 0 Å². The van der Waals surface area contributed by atoms with Gasteiger partial charge >= 0.3 is 0 Å². The van der Waals surface area contributed by atoms with E-state index in [9.17, 15) is 0 Å². The molecule has 1 unspecified atom stereocenters. The molecule has 1 aliphatic carbocycles. The van der Waals surface area contributed by atoms with E-state index in [0.29, 0.717) is 5.41 Å². The molecule has 1 aliphatic heterocycles. The zero-order chi connectivity index (χ0) is 14.0. The van der Waals surface area contributed by atoms with Gasteiger partial charge in [0.05, 0.1) is 0 Å². The van der Waals surface area contributed by atoms with Crippen molar-refractivity contribution in [3.63, 3.8) is 0 Å². The molecule has 0 amide bonds. The van der Waals surface area contributed by atoms with Gasteiger partial charge in [-0.3, -0.25) is 4.90 Å². The Labute approximate surface area is 120 Å². The Bertz CT molecular complexity index is 271. The Balaban J connectivity index is 1.92. The lowest BCUT2D eigenvalue weighted by atomic mass is 9.71. The molecule has 1 heterocycles. The van der Waals surface area contributed by atoms with Gasteiger partial charge in [0.2, 0.25) is 0 Å². The maximum atomic E-state index is 3.58. The first kappa shape index (κ1) is 15.3. The summed E-state index contributed by atoms with van der Waals surface area (Å²) in [4.78, 5) is 2.83. The van der Waals surface area contributed by atoms with Gasteiger partial charge in [-0.25, -0.2) is 0 Å². The quantitative estimate of drug-likeness (QED) is 0.822. The second-order valence-electron chi connectivity index (χ2n) is 8.12. The van der Waals surface area contributed by atoms with Gasteiger partial charge in [-0.1, -0.05) is 34.6 Å². The van der Waals surface area contributed by atoms with Crippen molar-refractivity contribution >= 4 is 0 Å². The normalized spacial score (nSPS) is 34.7. The molecule has 2 aliphatic rings. The first-order valence-electron chi connectivity index (χ1n) is 8.36. The van der Waals surface area contributed by atoms with Gasteiger partial charge in [0.1, 0.15) is 0 Å². The number of hydrogen-bond donors (Lipinski definition) is 1. The van der Waals surface area contributed by atoms with Crippen LogP contribution in [0.2, 0.25) is 0 Å². The molecule has 1 saturated carbocycles. The molecular weight excluding hydrogens is 232 g/mol. The van der Waals surface area contributed by atoms with Crippen LogP contribution >= 0.6 is 0 Å². The zero-order valence-electron chi connectivity index (χ0n) is 13.7. The molecule has 2 rings (SSSR count). The van der Waals surface area contributed by atoms with Crippen molar-refractivity contribution in [2.24, 2.45) is 17.3 Å². The molecule has 0 radical (unpaired) electrons. The lowest BCUT2D eigenvalue weighted by Crippen LogP contribution is -2.57. The smallest absolute Gasteiger partial charge is 0.0247 e. The second kappa shape index (κ2) is 6.13. The Morgan fingerprint density at radius 2 is 1.68 bits per heavy atom. The van der Waals surface area contributed by atoms with Gasteiger partial charge in [0.25, 0.3) is 0 Å². The summed E-state index contributed by atoms with van der Waals surface area (Å²) < 4.78 is 0.